The molecule has 1 rings (SSSR count). The molecule has 1 fully saturated rings. The van der Waals surface area contributed by atoms with Crippen molar-refractivity contribution in [2.45, 2.75) is 71.9 Å². The largest absolute Gasteiger partial charge is 0.377 e. The normalized spacial score (nSPS) is 22.4. The van der Waals surface area contributed by atoms with Crippen molar-refractivity contribution in [2.24, 2.45) is 11.3 Å². The predicted molar refractivity (Wildman–Crippen MR) is 74.3 cm³/mol. The summed E-state index contributed by atoms with van der Waals surface area (Å²) in [5.74, 6) is 0.750. The SMILES string of the molecule is CCOC(C1CCCCC1)C(NC)C(C)(C)C. The van der Waals surface area contributed by atoms with Crippen LogP contribution in [0.2, 0.25) is 0 Å². The first-order valence-corrected chi connectivity index (χ1v) is 7.29. The molecule has 102 valence electrons. The van der Waals surface area contributed by atoms with Crippen LogP contribution in [0.4, 0.5) is 0 Å². The summed E-state index contributed by atoms with van der Waals surface area (Å²) in [6.45, 7) is 9.87. The Morgan fingerprint density at radius 2 is 1.76 bits per heavy atom. The molecule has 0 spiro atoms. The lowest BCUT2D eigenvalue weighted by Crippen LogP contribution is -2.51. The molecule has 0 aliphatic heterocycles. The van der Waals surface area contributed by atoms with Gasteiger partial charge in [0.1, 0.15) is 0 Å². The first-order chi connectivity index (χ1) is 8.00. The van der Waals surface area contributed by atoms with Gasteiger partial charge in [-0.25, -0.2) is 0 Å². The summed E-state index contributed by atoms with van der Waals surface area (Å²) in [4.78, 5) is 0. The summed E-state index contributed by atoms with van der Waals surface area (Å²) in [7, 11) is 2.07. The van der Waals surface area contributed by atoms with E-state index in [9.17, 15) is 0 Å². The molecule has 1 N–H and O–H groups in total. The molecule has 0 aromatic heterocycles. The van der Waals surface area contributed by atoms with Crippen molar-refractivity contribution in [2.75, 3.05) is 13.7 Å². The summed E-state index contributed by atoms with van der Waals surface area (Å²) in [6.07, 6.45) is 7.25. The van der Waals surface area contributed by atoms with Gasteiger partial charge in [0.25, 0.3) is 0 Å². The fourth-order valence-electron chi connectivity index (χ4n) is 3.25. The van der Waals surface area contributed by atoms with Crippen molar-refractivity contribution in [1.82, 2.24) is 5.32 Å². The van der Waals surface area contributed by atoms with Crippen molar-refractivity contribution < 1.29 is 4.74 Å². The summed E-state index contributed by atoms with van der Waals surface area (Å²) >= 11 is 0. The summed E-state index contributed by atoms with van der Waals surface area (Å²) in [5, 5.41) is 3.50. The van der Waals surface area contributed by atoms with Crippen molar-refractivity contribution in [1.29, 1.82) is 0 Å². The van der Waals surface area contributed by atoms with Gasteiger partial charge >= 0.3 is 0 Å². The van der Waals surface area contributed by atoms with Crippen LogP contribution >= 0.6 is 0 Å². The van der Waals surface area contributed by atoms with Gasteiger partial charge in [-0.05, 0) is 38.1 Å². The Hall–Kier alpha value is -0.0800. The van der Waals surface area contributed by atoms with E-state index in [-0.39, 0.29) is 5.41 Å². The lowest BCUT2D eigenvalue weighted by atomic mass is 9.75. The minimum atomic E-state index is 0.256. The predicted octanol–water partition coefficient (Wildman–Crippen LogP) is 3.61. The minimum Gasteiger partial charge on any atom is -0.377 e. The van der Waals surface area contributed by atoms with Crippen LogP contribution in [0.5, 0.6) is 0 Å². The van der Waals surface area contributed by atoms with Gasteiger partial charge in [0.2, 0.25) is 0 Å². The van der Waals surface area contributed by atoms with Crippen LogP contribution in [-0.4, -0.2) is 25.8 Å². The van der Waals surface area contributed by atoms with Crippen molar-refractivity contribution in [3.05, 3.63) is 0 Å². The third-order valence-electron chi connectivity index (χ3n) is 4.05. The topological polar surface area (TPSA) is 21.3 Å². The van der Waals surface area contributed by atoms with Gasteiger partial charge in [0.05, 0.1) is 6.10 Å². The standard InChI is InChI=1S/C15H31NO/c1-6-17-13(12-10-8-7-9-11-12)14(16-5)15(2,3)4/h12-14,16H,6-11H2,1-5H3. The quantitative estimate of drug-likeness (QED) is 0.794. The molecular weight excluding hydrogens is 210 g/mol. The average Bonchev–Trinajstić information content (AvgIpc) is 2.28. The number of hydrogen-bond donors (Lipinski definition) is 1. The second-order valence-electron chi connectivity index (χ2n) is 6.45. The fraction of sp³-hybridized carbons (Fsp3) is 1.00. The molecule has 1 saturated carbocycles. The van der Waals surface area contributed by atoms with Crippen LogP contribution in [0, 0.1) is 11.3 Å². The van der Waals surface area contributed by atoms with E-state index >= 15 is 0 Å². The zero-order chi connectivity index (χ0) is 12.9. The van der Waals surface area contributed by atoms with Gasteiger partial charge in [0, 0.05) is 12.6 Å². The highest BCUT2D eigenvalue weighted by Crippen LogP contribution is 2.34. The highest BCUT2D eigenvalue weighted by atomic mass is 16.5. The van der Waals surface area contributed by atoms with E-state index < -0.39 is 0 Å². The van der Waals surface area contributed by atoms with E-state index in [1.807, 2.05) is 0 Å². The molecule has 2 atom stereocenters. The Labute approximate surface area is 108 Å². The number of likely N-dealkylation sites (N-methyl/N-ethyl adjacent to an activating group) is 1. The number of rotatable bonds is 5. The molecule has 17 heavy (non-hydrogen) atoms. The second-order valence-corrected chi connectivity index (χ2v) is 6.45. The van der Waals surface area contributed by atoms with E-state index in [0.717, 1.165) is 12.5 Å². The lowest BCUT2D eigenvalue weighted by Gasteiger charge is -2.41. The maximum Gasteiger partial charge on any atom is 0.0760 e. The van der Waals surface area contributed by atoms with Gasteiger partial charge in [-0.1, -0.05) is 40.0 Å². The Morgan fingerprint density at radius 3 is 2.18 bits per heavy atom. The second kappa shape index (κ2) is 6.75. The van der Waals surface area contributed by atoms with Crippen molar-refractivity contribution in [3.8, 4) is 0 Å². The van der Waals surface area contributed by atoms with E-state index in [4.69, 9.17) is 4.74 Å². The van der Waals surface area contributed by atoms with Crippen molar-refractivity contribution >= 4 is 0 Å². The van der Waals surface area contributed by atoms with Crippen LogP contribution in [-0.2, 0) is 4.74 Å². The average molecular weight is 241 g/mol. The molecule has 1 aliphatic rings. The first-order valence-electron chi connectivity index (χ1n) is 7.29. The van der Waals surface area contributed by atoms with Crippen molar-refractivity contribution in [3.63, 3.8) is 0 Å². The Balaban J connectivity index is 2.74. The van der Waals surface area contributed by atoms with E-state index in [1.165, 1.54) is 32.1 Å². The smallest absolute Gasteiger partial charge is 0.0760 e. The highest BCUT2D eigenvalue weighted by molar-refractivity contribution is 4.91. The minimum absolute atomic E-state index is 0.256. The Kier molecular flexibility index (Phi) is 5.94. The summed E-state index contributed by atoms with van der Waals surface area (Å²) in [6, 6.07) is 0.450. The van der Waals surface area contributed by atoms with Gasteiger partial charge in [0.15, 0.2) is 0 Å². The molecule has 2 nitrogen and oxygen atoms in total. The zero-order valence-electron chi connectivity index (χ0n) is 12.4. The maximum atomic E-state index is 6.10. The van der Waals surface area contributed by atoms with Crippen LogP contribution < -0.4 is 5.32 Å². The molecule has 0 heterocycles. The van der Waals surface area contributed by atoms with Crippen LogP contribution in [0.1, 0.15) is 59.8 Å². The molecule has 0 bridgehead atoms. The molecule has 0 aromatic rings. The Bertz CT molecular complexity index is 203. The molecule has 2 heteroatoms. The molecule has 0 amide bonds. The van der Waals surface area contributed by atoms with Gasteiger partial charge in [-0.3, -0.25) is 0 Å². The number of nitrogens with one attached hydrogen (secondary N) is 1. The van der Waals surface area contributed by atoms with Crippen LogP contribution in [0.15, 0.2) is 0 Å². The van der Waals surface area contributed by atoms with Crippen LogP contribution in [0.25, 0.3) is 0 Å². The molecule has 0 saturated heterocycles. The molecule has 2 unspecified atom stereocenters. The zero-order valence-corrected chi connectivity index (χ0v) is 12.4. The van der Waals surface area contributed by atoms with Gasteiger partial charge < -0.3 is 10.1 Å². The highest BCUT2D eigenvalue weighted by Gasteiger charge is 2.36. The van der Waals surface area contributed by atoms with Gasteiger partial charge in [-0.15, -0.1) is 0 Å². The third-order valence-corrected chi connectivity index (χ3v) is 4.05. The third kappa shape index (κ3) is 4.26. The first kappa shape index (κ1) is 15.0. The molecule has 0 aromatic carbocycles. The van der Waals surface area contributed by atoms with Gasteiger partial charge in [-0.2, -0.15) is 0 Å². The molecular formula is C15H31NO. The maximum absolute atomic E-state index is 6.10. The lowest BCUT2D eigenvalue weighted by molar-refractivity contribution is -0.0410. The monoisotopic (exact) mass is 241 g/mol. The van der Waals surface area contributed by atoms with Crippen LogP contribution in [0.3, 0.4) is 0 Å². The fourth-order valence-corrected chi connectivity index (χ4v) is 3.25. The molecule has 1 aliphatic carbocycles. The van der Waals surface area contributed by atoms with E-state index in [2.05, 4.69) is 40.1 Å². The van der Waals surface area contributed by atoms with E-state index in [1.54, 1.807) is 0 Å². The number of hydrogen-bond acceptors (Lipinski definition) is 2. The van der Waals surface area contributed by atoms with E-state index in [0.29, 0.717) is 12.1 Å². The number of ether oxygens (including phenoxy) is 1. The summed E-state index contributed by atoms with van der Waals surface area (Å²) < 4.78 is 6.10. The summed E-state index contributed by atoms with van der Waals surface area (Å²) in [5.41, 5.74) is 0.256. The Morgan fingerprint density at radius 1 is 1.18 bits per heavy atom. The molecule has 0 radical (unpaired) electrons.